The highest BCUT2D eigenvalue weighted by molar-refractivity contribution is 6.00. The zero-order valence-corrected chi connectivity index (χ0v) is 15.2. The Labute approximate surface area is 158 Å². The van der Waals surface area contributed by atoms with E-state index in [9.17, 15) is 9.59 Å². The number of likely N-dealkylation sites (tertiary alicyclic amines) is 1. The van der Waals surface area contributed by atoms with E-state index in [0.29, 0.717) is 22.7 Å². The summed E-state index contributed by atoms with van der Waals surface area (Å²) in [6.07, 6.45) is 1.35. The van der Waals surface area contributed by atoms with Gasteiger partial charge < -0.3 is 19.7 Å². The van der Waals surface area contributed by atoms with E-state index in [1.54, 1.807) is 24.3 Å². The zero-order valence-electron chi connectivity index (χ0n) is 15.2. The molecular formula is C21H22N2O4. The molecule has 0 saturated carbocycles. The molecule has 1 atom stereocenters. The summed E-state index contributed by atoms with van der Waals surface area (Å²) in [7, 11) is 0. The first-order chi connectivity index (χ1) is 13.1. The van der Waals surface area contributed by atoms with Gasteiger partial charge in [0.15, 0.2) is 11.5 Å². The van der Waals surface area contributed by atoms with Gasteiger partial charge in [0.2, 0.25) is 6.10 Å². The van der Waals surface area contributed by atoms with Crippen LogP contribution in [0.5, 0.6) is 11.5 Å². The highest BCUT2D eigenvalue weighted by atomic mass is 16.6. The Hall–Kier alpha value is -3.02. The lowest BCUT2D eigenvalue weighted by Gasteiger charge is -2.26. The zero-order chi connectivity index (χ0) is 18.8. The van der Waals surface area contributed by atoms with Crippen LogP contribution in [0.25, 0.3) is 0 Å². The third kappa shape index (κ3) is 3.47. The molecule has 140 valence electrons. The van der Waals surface area contributed by atoms with Gasteiger partial charge in [-0.05, 0) is 49.6 Å². The first kappa shape index (κ1) is 17.4. The van der Waals surface area contributed by atoms with Crippen LogP contribution in [0.15, 0.2) is 42.5 Å². The second-order valence-electron chi connectivity index (χ2n) is 6.83. The molecule has 0 aliphatic carbocycles. The summed E-state index contributed by atoms with van der Waals surface area (Å²) >= 11 is 0. The van der Waals surface area contributed by atoms with Gasteiger partial charge in [-0.15, -0.1) is 0 Å². The van der Waals surface area contributed by atoms with E-state index in [1.807, 2.05) is 30.0 Å². The summed E-state index contributed by atoms with van der Waals surface area (Å²) < 4.78 is 11.4. The van der Waals surface area contributed by atoms with E-state index in [0.717, 1.165) is 31.5 Å². The normalized spacial score (nSPS) is 18.3. The highest BCUT2D eigenvalue weighted by Crippen LogP contribution is 2.31. The third-order valence-corrected chi connectivity index (χ3v) is 5.02. The van der Waals surface area contributed by atoms with Gasteiger partial charge >= 0.3 is 0 Å². The van der Waals surface area contributed by atoms with Crippen molar-refractivity contribution in [1.29, 1.82) is 0 Å². The van der Waals surface area contributed by atoms with Crippen molar-refractivity contribution in [3.8, 4) is 11.5 Å². The SMILES string of the molecule is Cc1c(NC(=O)[C@@H]2COc3ccccc3O2)cccc1C(=O)N1CCCC1. The van der Waals surface area contributed by atoms with Crippen LogP contribution in [0.3, 0.4) is 0 Å². The lowest BCUT2D eigenvalue weighted by molar-refractivity contribution is -0.125. The average molecular weight is 366 g/mol. The second kappa shape index (κ2) is 7.31. The predicted molar refractivity (Wildman–Crippen MR) is 101 cm³/mol. The van der Waals surface area contributed by atoms with E-state index >= 15 is 0 Å². The molecule has 6 nitrogen and oxygen atoms in total. The van der Waals surface area contributed by atoms with Crippen molar-refractivity contribution >= 4 is 17.5 Å². The predicted octanol–water partition coefficient (Wildman–Crippen LogP) is 3.01. The number of benzene rings is 2. The van der Waals surface area contributed by atoms with Gasteiger partial charge in [0, 0.05) is 24.3 Å². The Balaban J connectivity index is 1.49. The molecule has 0 unspecified atom stereocenters. The Morgan fingerprint density at radius 3 is 2.56 bits per heavy atom. The van der Waals surface area contributed by atoms with Crippen molar-refractivity contribution in [3.05, 3.63) is 53.6 Å². The molecule has 0 radical (unpaired) electrons. The Morgan fingerprint density at radius 1 is 1.04 bits per heavy atom. The highest BCUT2D eigenvalue weighted by Gasteiger charge is 2.28. The summed E-state index contributed by atoms with van der Waals surface area (Å²) in [5.74, 6) is 0.917. The second-order valence-corrected chi connectivity index (χ2v) is 6.83. The summed E-state index contributed by atoms with van der Waals surface area (Å²) in [5, 5.41) is 2.88. The quantitative estimate of drug-likeness (QED) is 0.907. The molecule has 2 aromatic carbocycles. The van der Waals surface area contributed by atoms with E-state index in [-0.39, 0.29) is 18.4 Å². The molecule has 4 rings (SSSR count). The molecule has 2 heterocycles. The van der Waals surface area contributed by atoms with Gasteiger partial charge in [-0.2, -0.15) is 0 Å². The third-order valence-electron chi connectivity index (χ3n) is 5.02. The molecule has 1 saturated heterocycles. The van der Waals surface area contributed by atoms with Crippen molar-refractivity contribution in [1.82, 2.24) is 4.90 Å². The number of carbonyl (C=O) groups excluding carboxylic acids is 2. The number of hydrogen-bond acceptors (Lipinski definition) is 4. The van der Waals surface area contributed by atoms with Crippen LogP contribution in [0.1, 0.15) is 28.8 Å². The molecule has 0 bridgehead atoms. The fraction of sp³-hybridized carbons (Fsp3) is 0.333. The minimum absolute atomic E-state index is 0.0206. The lowest BCUT2D eigenvalue weighted by atomic mass is 10.1. The molecular weight excluding hydrogens is 344 g/mol. The van der Waals surface area contributed by atoms with Crippen LogP contribution in [0.2, 0.25) is 0 Å². The van der Waals surface area contributed by atoms with Crippen LogP contribution in [-0.4, -0.2) is 42.5 Å². The molecule has 0 aromatic heterocycles. The van der Waals surface area contributed by atoms with E-state index in [1.165, 1.54) is 0 Å². The summed E-state index contributed by atoms with van der Waals surface area (Å²) in [6.45, 7) is 3.59. The number of ether oxygens (including phenoxy) is 2. The van der Waals surface area contributed by atoms with Gasteiger partial charge in [-0.25, -0.2) is 0 Å². The Bertz CT molecular complexity index is 874. The monoisotopic (exact) mass is 366 g/mol. The van der Waals surface area contributed by atoms with E-state index in [4.69, 9.17) is 9.47 Å². The number of carbonyl (C=O) groups is 2. The fourth-order valence-corrected chi connectivity index (χ4v) is 3.46. The summed E-state index contributed by atoms with van der Waals surface area (Å²) in [5.41, 5.74) is 2.01. The van der Waals surface area contributed by atoms with Crippen LogP contribution in [0.4, 0.5) is 5.69 Å². The number of fused-ring (bicyclic) bond motifs is 1. The van der Waals surface area contributed by atoms with Crippen LogP contribution >= 0.6 is 0 Å². The molecule has 1 fully saturated rings. The number of nitrogens with one attached hydrogen (secondary N) is 1. The van der Waals surface area contributed by atoms with Crippen LogP contribution in [-0.2, 0) is 4.79 Å². The summed E-state index contributed by atoms with van der Waals surface area (Å²) in [4.78, 5) is 27.2. The number of rotatable bonds is 3. The molecule has 2 aliphatic heterocycles. The van der Waals surface area contributed by atoms with Crippen LogP contribution in [0, 0.1) is 6.92 Å². The van der Waals surface area contributed by atoms with Crippen molar-refractivity contribution in [2.45, 2.75) is 25.9 Å². The average Bonchev–Trinajstić information content (AvgIpc) is 3.23. The molecule has 6 heteroatoms. The molecule has 2 aliphatic rings. The smallest absolute Gasteiger partial charge is 0.269 e. The Kier molecular flexibility index (Phi) is 4.71. The van der Waals surface area contributed by atoms with Gasteiger partial charge in [-0.3, -0.25) is 9.59 Å². The lowest BCUT2D eigenvalue weighted by Crippen LogP contribution is -2.40. The van der Waals surface area contributed by atoms with Crippen molar-refractivity contribution in [2.24, 2.45) is 0 Å². The first-order valence-corrected chi connectivity index (χ1v) is 9.22. The standard InChI is InChI=1S/C21H22N2O4/c1-14-15(21(25)23-11-4-5-12-23)7-6-8-16(14)22-20(24)19-13-26-17-9-2-3-10-18(17)27-19/h2-3,6-10,19H,4-5,11-13H2,1H3,(H,22,24)/t19-/m0/s1. The van der Waals surface area contributed by atoms with E-state index in [2.05, 4.69) is 5.32 Å². The minimum atomic E-state index is -0.739. The maximum atomic E-state index is 12.7. The summed E-state index contributed by atoms with van der Waals surface area (Å²) in [6, 6.07) is 12.7. The van der Waals surface area contributed by atoms with Gasteiger partial charge in [0.1, 0.15) is 6.61 Å². The maximum Gasteiger partial charge on any atom is 0.269 e. The molecule has 1 N–H and O–H groups in total. The van der Waals surface area contributed by atoms with Crippen molar-refractivity contribution in [3.63, 3.8) is 0 Å². The van der Waals surface area contributed by atoms with Crippen LogP contribution < -0.4 is 14.8 Å². The number of para-hydroxylation sites is 2. The minimum Gasteiger partial charge on any atom is -0.485 e. The topological polar surface area (TPSA) is 67.9 Å². The Morgan fingerprint density at radius 2 is 1.78 bits per heavy atom. The van der Waals surface area contributed by atoms with Crippen molar-refractivity contribution in [2.75, 3.05) is 25.0 Å². The maximum absolute atomic E-state index is 12.7. The number of nitrogens with zero attached hydrogens (tertiary/aromatic N) is 1. The number of amides is 2. The molecule has 27 heavy (non-hydrogen) atoms. The molecule has 2 aromatic rings. The fourth-order valence-electron chi connectivity index (χ4n) is 3.46. The van der Waals surface area contributed by atoms with E-state index < -0.39 is 6.10 Å². The van der Waals surface area contributed by atoms with Gasteiger partial charge in [0.05, 0.1) is 0 Å². The molecule has 0 spiro atoms. The van der Waals surface area contributed by atoms with Gasteiger partial charge in [-0.1, -0.05) is 18.2 Å². The number of anilines is 1. The number of hydrogen-bond donors (Lipinski definition) is 1. The van der Waals surface area contributed by atoms with Gasteiger partial charge in [0.25, 0.3) is 11.8 Å². The molecule has 2 amide bonds. The largest absolute Gasteiger partial charge is 0.485 e. The first-order valence-electron chi connectivity index (χ1n) is 9.22. The van der Waals surface area contributed by atoms with Crippen molar-refractivity contribution < 1.29 is 19.1 Å².